The molecule has 6 N–H and O–H groups in total. The van der Waals surface area contributed by atoms with Crippen LogP contribution < -0.4 is 21.8 Å². The third-order valence-electron chi connectivity index (χ3n) is 3.49. The summed E-state index contributed by atoms with van der Waals surface area (Å²) in [5, 5.41) is 20.2. The van der Waals surface area contributed by atoms with Gasteiger partial charge in [-0.2, -0.15) is 5.10 Å². The second-order valence-corrected chi connectivity index (χ2v) is 7.29. The topological polar surface area (TPSA) is 146 Å². The minimum absolute atomic E-state index is 0.299. The van der Waals surface area contributed by atoms with Gasteiger partial charge in [0.05, 0.1) is 23.3 Å². The number of hydrogen-bond donors (Lipinski definition) is 5. The molecule has 2 aromatic rings. The molecule has 9 nitrogen and oxygen atoms in total. The van der Waals surface area contributed by atoms with Crippen LogP contribution >= 0.6 is 22.9 Å². The monoisotopic (exact) mass is 423 g/mol. The van der Waals surface area contributed by atoms with E-state index in [1.54, 1.807) is 36.4 Å². The van der Waals surface area contributed by atoms with Crippen molar-refractivity contribution in [1.29, 1.82) is 0 Å². The number of benzene rings is 1. The smallest absolute Gasteiger partial charge is 0.305 e. The van der Waals surface area contributed by atoms with E-state index >= 15 is 0 Å². The first-order valence-electron chi connectivity index (χ1n) is 8.02. The van der Waals surface area contributed by atoms with Crippen LogP contribution in [0, 0.1) is 0 Å². The molecule has 0 saturated carbocycles. The summed E-state index contributed by atoms with van der Waals surface area (Å²) in [5.41, 5.74) is 0.928. The van der Waals surface area contributed by atoms with Gasteiger partial charge in [-0.15, -0.1) is 11.3 Å². The molecule has 1 unspecified atom stereocenters. The first-order valence-corrected chi connectivity index (χ1v) is 9.21. The summed E-state index contributed by atoms with van der Waals surface area (Å²) in [5.74, 6) is 2.96. The van der Waals surface area contributed by atoms with Crippen LogP contribution in [-0.2, 0) is 9.59 Å². The third-order valence-corrected chi connectivity index (χ3v) is 4.84. The largest absolute Gasteiger partial charge is 0.481 e. The molecule has 148 valence electrons. The molecule has 0 saturated heterocycles. The maximum absolute atomic E-state index is 12.2. The van der Waals surface area contributed by atoms with E-state index in [1.165, 1.54) is 17.7 Å². The average molecular weight is 424 g/mol. The van der Waals surface area contributed by atoms with E-state index in [-0.39, 0.29) is 13.0 Å². The maximum atomic E-state index is 12.2. The Hall–Kier alpha value is -3.11. The number of halogens is 1. The second kappa shape index (κ2) is 10.3. The van der Waals surface area contributed by atoms with Gasteiger partial charge >= 0.3 is 5.97 Å². The number of carbonyl (C=O) groups excluding carboxylic acids is 2. The second-order valence-electron chi connectivity index (χ2n) is 5.55. The highest BCUT2D eigenvalue weighted by atomic mass is 35.5. The van der Waals surface area contributed by atoms with Gasteiger partial charge < -0.3 is 26.9 Å². The Morgan fingerprint density at radius 3 is 2.71 bits per heavy atom. The number of nitrogens with one attached hydrogen (secondary N) is 3. The number of rotatable bonds is 9. The zero-order chi connectivity index (χ0) is 20.5. The summed E-state index contributed by atoms with van der Waals surface area (Å²) >= 11 is 7.06. The molecule has 0 spiro atoms. The van der Waals surface area contributed by atoms with Crippen LogP contribution in [0.25, 0.3) is 0 Å². The zero-order valence-electron chi connectivity index (χ0n) is 14.5. The van der Waals surface area contributed by atoms with Gasteiger partial charge in [0.15, 0.2) is 0 Å². The lowest BCUT2D eigenvalue weighted by atomic mass is 10.1. The maximum Gasteiger partial charge on any atom is 0.305 e. The lowest BCUT2D eigenvalue weighted by Crippen LogP contribution is -2.39. The van der Waals surface area contributed by atoms with Crippen molar-refractivity contribution < 1.29 is 19.5 Å². The molecule has 11 heteroatoms. The number of nitrogens with two attached hydrogens (primary N) is 1. The van der Waals surface area contributed by atoms with E-state index in [2.05, 4.69) is 21.1 Å². The van der Waals surface area contributed by atoms with Gasteiger partial charge in [0.1, 0.15) is 6.34 Å². The molecular weight excluding hydrogens is 406 g/mol. The van der Waals surface area contributed by atoms with Crippen molar-refractivity contribution in [1.82, 2.24) is 10.6 Å². The van der Waals surface area contributed by atoms with E-state index in [1.807, 2.05) is 0 Å². The lowest BCUT2D eigenvalue weighted by Gasteiger charge is -2.16. The molecule has 0 aliphatic rings. The summed E-state index contributed by atoms with van der Waals surface area (Å²) in [6.07, 6.45) is 0.969. The summed E-state index contributed by atoms with van der Waals surface area (Å²) < 4.78 is 0.487. The minimum Gasteiger partial charge on any atom is -0.481 e. The zero-order valence-corrected chi connectivity index (χ0v) is 16.1. The van der Waals surface area contributed by atoms with Gasteiger partial charge in [-0.05, 0) is 30.3 Å². The van der Waals surface area contributed by atoms with Gasteiger partial charge in [0.2, 0.25) is 5.91 Å². The number of aliphatic carboxylic acids is 1. The van der Waals surface area contributed by atoms with E-state index in [0.29, 0.717) is 20.5 Å². The van der Waals surface area contributed by atoms with E-state index in [4.69, 9.17) is 22.6 Å². The Bertz CT molecular complexity index is 886. The number of anilines is 1. The van der Waals surface area contributed by atoms with Crippen LogP contribution in [0.15, 0.2) is 41.5 Å². The molecule has 2 rings (SSSR count). The third kappa shape index (κ3) is 6.56. The molecular formula is C17H18ClN5O4S. The van der Waals surface area contributed by atoms with Crippen molar-refractivity contribution >= 4 is 52.7 Å². The van der Waals surface area contributed by atoms with Gasteiger partial charge in [-0.25, -0.2) is 0 Å². The molecule has 1 aromatic heterocycles. The van der Waals surface area contributed by atoms with Crippen molar-refractivity contribution in [3.8, 4) is 0 Å². The fourth-order valence-electron chi connectivity index (χ4n) is 2.28. The molecule has 0 aliphatic heterocycles. The fraction of sp³-hybridized carbons (Fsp3) is 0.176. The summed E-state index contributed by atoms with van der Waals surface area (Å²) in [4.78, 5) is 36.1. The number of hydrazone groups is 1. The molecule has 0 radical (unpaired) electrons. The number of nitrogens with zero attached hydrogens (tertiary/aromatic N) is 1. The van der Waals surface area contributed by atoms with Crippen LogP contribution in [0.4, 0.5) is 5.69 Å². The van der Waals surface area contributed by atoms with Crippen LogP contribution in [0.1, 0.15) is 27.7 Å². The summed E-state index contributed by atoms with van der Waals surface area (Å²) in [6.45, 7) is -0.310. The number of carboxylic acid groups (broad SMARTS) is 1. The highest BCUT2D eigenvalue weighted by molar-refractivity contribution is 7.16. The number of carboxylic acids is 1. The lowest BCUT2D eigenvalue weighted by molar-refractivity contribution is -0.137. The van der Waals surface area contributed by atoms with Gasteiger partial charge in [0.25, 0.3) is 5.91 Å². The van der Waals surface area contributed by atoms with Crippen LogP contribution in [-0.4, -0.2) is 35.8 Å². The van der Waals surface area contributed by atoms with Crippen molar-refractivity contribution in [2.24, 2.45) is 10.9 Å². The standard InChI is InChI=1S/C17H18ClN5O4S/c18-14-5-4-13(28-14)12(7-16(25)26)23-15(24)8-20-17(27)10-2-1-3-11(6-10)21-9-22-19/h1-6,9,12H,7-8,19H2,(H,20,27)(H,21,22)(H,23,24)(H,25,26). The highest BCUT2D eigenvalue weighted by Crippen LogP contribution is 2.28. The fourth-order valence-corrected chi connectivity index (χ4v) is 3.40. The van der Waals surface area contributed by atoms with Gasteiger partial charge in [-0.1, -0.05) is 17.7 Å². The first kappa shape index (κ1) is 21.2. The van der Waals surface area contributed by atoms with Crippen molar-refractivity contribution in [3.63, 3.8) is 0 Å². The van der Waals surface area contributed by atoms with Crippen molar-refractivity contribution in [2.45, 2.75) is 12.5 Å². The molecule has 1 atom stereocenters. The highest BCUT2D eigenvalue weighted by Gasteiger charge is 2.20. The molecule has 0 bridgehead atoms. The normalized spacial score (nSPS) is 11.8. The number of carbonyl (C=O) groups is 3. The van der Waals surface area contributed by atoms with E-state index in [9.17, 15) is 14.4 Å². The minimum atomic E-state index is -1.07. The first-order chi connectivity index (χ1) is 13.4. The Balaban J connectivity index is 1.94. The Kier molecular flexibility index (Phi) is 7.78. The predicted octanol–water partition coefficient (Wildman–Crippen LogP) is 1.78. The van der Waals surface area contributed by atoms with Crippen LogP contribution in [0.3, 0.4) is 0 Å². The predicted molar refractivity (Wildman–Crippen MR) is 108 cm³/mol. The number of thiophene rings is 1. The quantitative estimate of drug-likeness (QED) is 0.180. The van der Waals surface area contributed by atoms with Gasteiger partial charge in [0, 0.05) is 16.1 Å². The molecule has 28 heavy (non-hydrogen) atoms. The summed E-state index contributed by atoms with van der Waals surface area (Å²) in [6, 6.07) is 9.07. The average Bonchev–Trinajstić information content (AvgIpc) is 3.10. The molecule has 0 aliphatic carbocycles. The van der Waals surface area contributed by atoms with Crippen molar-refractivity contribution in [3.05, 3.63) is 51.2 Å². The van der Waals surface area contributed by atoms with E-state index < -0.39 is 23.8 Å². The number of hydrogen-bond acceptors (Lipinski definition) is 6. The Labute approximate surface area is 169 Å². The molecule has 1 aromatic carbocycles. The molecule has 2 amide bonds. The van der Waals surface area contributed by atoms with Crippen molar-refractivity contribution in [2.75, 3.05) is 11.9 Å². The summed E-state index contributed by atoms with van der Waals surface area (Å²) in [7, 11) is 0. The SMILES string of the molecule is NN=CNc1cccc(C(=O)NCC(=O)NC(CC(=O)O)c2ccc(Cl)s2)c1. The Morgan fingerprint density at radius 1 is 1.29 bits per heavy atom. The Morgan fingerprint density at radius 2 is 2.07 bits per heavy atom. The van der Waals surface area contributed by atoms with Crippen LogP contribution in [0.2, 0.25) is 4.34 Å². The number of amides is 2. The molecule has 0 fully saturated rings. The molecule has 1 heterocycles. The van der Waals surface area contributed by atoms with E-state index in [0.717, 1.165) is 0 Å². The van der Waals surface area contributed by atoms with Gasteiger partial charge in [-0.3, -0.25) is 14.4 Å². The van der Waals surface area contributed by atoms with Crippen LogP contribution in [0.5, 0.6) is 0 Å².